The molecule has 0 radical (unpaired) electrons. The average Bonchev–Trinajstić information content (AvgIpc) is 3.05. The summed E-state index contributed by atoms with van der Waals surface area (Å²) in [5.74, 6) is -0.218. The van der Waals surface area contributed by atoms with Crippen LogP contribution in [0.1, 0.15) is 31.4 Å². The van der Waals surface area contributed by atoms with E-state index < -0.39 is 0 Å². The number of hydrogen-bond donors (Lipinski definition) is 2. The number of benzene rings is 1. The fourth-order valence-corrected chi connectivity index (χ4v) is 2.35. The van der Waals surface area contributed by atoms with Gasteiger partial charge in [-0.05, 0) is 12.0 Å². The zero-order valence-electron chi connectivity index (χ0n) is 13.2. The Morgan fingerprint density at radius 1 is 1.26 bits per heavy atom. The minimum absolute atomic E-state index is 0.0711. The minimum atomic E-state index is -0.303. The van der Waals surface area contributed by atoms with Crippen LogP contribution in [0.15, 0.2) is 49.1 Å². The van der Waals surface area contributed by atoms with Gasteiger partial charge in [-0.3, -0.25) is 9.59 Å². The van der Waals surface area contributed by atoms with E-state index >= 15 is 0 Å². The highest BCUT2D eigenvalue weighted by atomic mass is 16.2. The normalized spacial score (nSPS) is 11.7. The van der Waals surface area contributed by atoms with Gasteiger partial charge in [0.15, 0.2) is 0 Å². The molecule has 2 rings (SSSR count). The van der Waals surface area contributed by atoms with Crippen molar-refractivity contribution in [2.45, 2.75) is 32.4 Å². The summed E-state index contributed by atoms with van der Waals surface area (Å²) in [6, 6.07) is 9.22. The molecule has 2 amide bonds. The fraction of sp³-hybridized carbons (Fsp3) is 0.353. The second-order valence-electron chi connectivity index (χ2n) is 5.37. The van der Waals surface area contributed by atoms with Crippen LogP contribution in [0.2, 0.25) is 0 Å². The molecule has 0 spiro atoms. The van der Waals surface area contributed by atoms with E-state index in [4.69, 9.17) is 0 Å². The molecule has 0 aliphatic heterocycles. The average molecular weight is 314 g/mol. The zero-order chi connectivity index (χ0) is 16.5. The SMILES string of the molecule is CC(=O)NC(CC(=O)NCCCn1ccnc1)c1ccccc1. The summed E-state index contributed by atoms with van der Waals surface area (Å²) in [6.07, 6.45) is 6.44. The number of aromatic nitrogens is 2. The van der Waals surface area contributed by atoms with Crippen molar-refractivity contribution in [2.75, 3.05) is 6.54 Å². The lowest BCUT2D eigenvalue weighted by Gasteiger charge is -2.18. The van der Waals surface area contributed by atoms with Crippen LogP contribution in [-0.2, 0) is 16.1 Å². The molecule has 0 bridgehead atoms. The van der Waals surface area contributed by atoms with Gasteiger partial charge in [0.1, 0.15) is 0 Å². The van der Waals surface area contributed by atoms with Crippen molar-refractivity contribution in [3.05, 3.63) is 54.6 Å². The van der Waals surface area contributed by atoms with Crippen LogP contribution in [0.25, 0.3) is 0 Å². The second kappa shape index (κ2) is 8.73. The number of imidazole rings is 1. The molecule has 0 aliphatic carbocycles. The number of nitrogens with one attached hydrogen (secondary N) is 2. The van der Waals surface area contributed by atoms with Crippen LogP contribution < -0.4 is 10.6 Å². The smallest absolute Gasteiger partial charge is 0.222 e. The maximum atomic E-state index is 12.1. The van der Waals surface area contributed by atoms with Gasteiger partial charge in [0, 0.05) is 32.4 Å². The lowest BCUT2D eigenvalue weighted by Crippen LogP contribution is -2.33. The summed E-state index contributed by atoms with van der Waals surface area (Å²) in [6.45, 7) is 2.87. The topological polar surface area (TPSA) is 76.0 Å². The lowest BCUT2D eigenvalue weighted by atomic mass is 10.0. The molecule has 6 nitrogen and oxygen atoms in total. The van der Waals surface area contributed by atoms with Crippen LogP contribution in [0, 0.1) is 0 Å². The quantitative estimate of drug-likeness (QED) is 0.728. The van der Waals surface area contributed by atoms with Crippen LogP contribution in [0.4, 0.5) is 0 Å². The van der Waals surface area contributed by atoms with Crippen LogP contribution in [0.5, 0.6) is 0 Å². The Hall–Kier alpha value is -2.63. The van der Waals surface area contributed by atoms with Gasteiger partial charge in [-0.1, -0.05) is 30.3 Å². The summed E-state index contributed by atoms with van der Waals surface area (Å²) < 4.78 is 1.97. The molecule has 122 valence electrons. The molecule has 23 heavy (non-hydrogen) atoms. The minimum Gasteiger partial charge on any atom is -0.356 e. The molecular weight excluding hydrogens is 292 g/mol. The number of hydrogen-bond acceptors (Lipinski definition) is 3. The predicted octanol–water partition coefficient (Wildman–Crippen LogP) is 1.66. The van der Waals surface area contributed by atoms with Crippen LogP contribution in [0.3, 0.4) is 0 Å². The van der Waals surface area contributed by atoms with Gasteiger partial charge in [0.25, 0.3) is 0 Å². The largest absolute Gasteiger partial charge is 0.356 e. The first-order valence-electron chi connectivity index (χ1n) is 7.69. The van der Waals surface area contributed by atoms with Crippen molar-refractivity contribution in [3.8, 4) is 0 Å². The first-order chi connectivity index (χ1) is 11.1. The zero-order valence-corrected chi connectivity index (χ0v) is 13.2. The van der Waals surface area contributed by atoms with Crippen LogP contribution >= 0.6 is 0 Å². The number of amides is 2. The Morgan fingerprint density at radius 3 is 2.70 bits per heavy atom. The van der Waals surface area contributed by atoms with E-state index in [1.807, 2.05) is 41.1 Å². The molecule has 6 heteroatoms. The van der Waals surface area contributed by atoms with Crippen molar-refractivity contribution < 1.29 is 9.59 Å². The first-order valence-corrected chi connectivity index (χ1v) is 7.69. The highest BCUT2D eigenvalue weighted by Gasteiger charge is 2.16. The van der Waals surface area contributed by atoms with Gasteiger partial charge >= 0.3 is 0 Å². The summed E-state index contributed by atoms with van der Waals surface area (Å²) in [4.78, 5) is 27.4. The monoisotopic (exact) mass is 314 g/mol. The first kappa shape index (κ1) is 16.7. The van der Waals surface area contributed by atoms with Gasteiger partial charge in [-0.2, -0.15) is 0 Å². The Kier molecular flexibility index (Phi) is 6.35. The highest BCUT2D eigenvalue weighted by molar-refractivity contribution is 5.79. The van der Waals surface area contributed by atoms with Crippen molar-refractivity contribution in [2.24, 2.45) is 0 Å². The Morgan fingerprint density at radius 2 is 2.04 bits per heavy atom. The van der Waals surface area contributed by atoms with Crippen LogP contribution in [-0.4, -0.2) is 27.9 Å². The second-order valence-corrected chi connectivity index (χ2v) is 5.37. The molecule has 0 fully saturated rings. The number of nitrogens with zero attached hydrogens (tertiary/aromatic N) is 2. The number of aryl methyl sites for hydroxylation is 1. The summed E-state index contributed by atoms with van der Waals surface area (Å²) >= 11 is 0. The maximum absolute atomic E-state index is 12.1. The highest BCUT2D eigenvalue weighted by Crippen LogP contribution is 2.16. The number of carbonyl (C=O) groups excluding carboxylic acids is 2. The fourth-order valence-electron chi connectivity index (χ4n) is 2.35. The van der Waals surface area contributed by atoms with Crippen molar-refractivity contribution >= 4 is 11.8 Å². The number of carbonyl (C=O) groups is 2. The molecule has 1 aromatic heterocycles. The van der Waals surface area contributed by atoms with Gasteiger partial charge in [0.05, 0.1) is 18.8 Å². The third-order valence-electron chi connectivity index (χ3n) is 3.44. The predicted molar refractivity (Wildman–Crippen MR) is 87.5 cm³/mol. The Bertz CT molecular complexity index is 611. The molecular formula is C17H22N4O2. The summed E-state index contributed by atoms with van der Waals surface area (Å²) in [5, 5.41) is 5.72. The van der Waals surface area contributed by atoms with Gasteiger partial charge < -0.3 is 15.2 Å². The molecule has 1 atom stereocenters. The summed E-state index contributed by atoms with van der Waals surface area (Å²) in [7, 11) is 0. The van der Waals surface area contributed by atoms with Gasteiger partial charge in [-0.25, -0.2) is 4.98 Å². The van der Waals surface area contributed by atoms with E-state index in [0.717, 1.165) is 18.5 Å². The van der Waals surface area contributed by atoms with Gasteiger partial charge in [-0.15, -0.1) is 0 Å². The van der Waals surface area contributed by atoms with E-state index in [-0.39, 0.29) is 24.3 Å². The third kappa shape index (κ3) is 5.94. The maximum Gasteiger partial charge on any atom is 0.222 e. The molecule has 2 N–H and O–H groups in total. The molecule has 1 heterocycles. The molecule has 1 aromatic carbocycles. The Balaban J connectivity index is 1.79. The molecule has 0 saturated heterocycles. The number of rotatable bonds is 8. The molecule has 2 aromatic rings. The van der Waals surface area contributed by atoms with Crippen molar-refractivity contribution in [1.82, 2.24) is 20.2 Å². The van der Waals surface area contributed by atoms with E-state index in [2.05, 4.69) is 15.6 Å². The molecule has 0 saturated carbocycles. The van der Waals surface area contributed by atoms with E-state index in [9.17, 15) is 9.59 Å². The van der Waals surface area contributed by atoms with Crippen molar-refractivity contribution in [3.63, 3.8) is 0 Å². The third-order valence-corrected chi connectivity index (χ3v) is 3.44. The Labute approximate surface area is 135 Å². The van der Waals surface area contributed by atoms with Crippen molar-refractivity contribution in [1.29, 1.82) is 0 Å². The summed E-state index contributed by atoms with van der Waals surface area (Å²) in [5.41, 5.74) is 0.927. The van der Waals surface area contributed by atoms with E-state index in [1.54, 1.807) is 12.5 Å². The molecule has 1 unspecified atom stereocenters. The lowest BCUT2D eigenvalue weighted by molar-refractivity contribution is -0.122. The van der Waals surface area contributed by atoms with Gasteiger partial charge in [0.2, 0.25) is 11.8 Å². The van der Waals surface area contributed by atoms with E-state index in [0.29, 0.717) is 6.54 Å². The van der Waals surface area contributed by atoms with E-state index in [1.165, 1.54) is 6.92 Å². The standard InChI is InChI=1S/C17H22N4O2/c1-14(22)20-16(15-6-3-2-4-7-15)12-17(23)19-8-5-10-21-11-9-18-13-21/h2-4,6-7,9,11,13,16H,5,8,10,12H2,1H3,(H,19,23)(H,20,22). The molecule has 0 aliphatic rings.